The summed E-state index contributed by atoms with van der Waals surface area (Å²) >= 11 is 0. The van der Waals surface area contributed by atoms with Crippen molar-refractivity contribution in [2.45, 2.75) is 18.4 Å². The van der Waals surface area contributed by atoms with E-state index in [-0.39, 0.29) is 11.6 Å². The second kappa shape index (κ2) is 6.30. The van der Waals surface area contributed by atoms with Crippen molar-refractivity contribution < 1.29 is 13.6 Å². The van der Waals surface area contributed by atoms with Gasteiger partial charge in [-0.3, -0.25) is 9.69 Å². The minimum absolute atomic E-state index is 0.206. The van der Waals surface area contributed by atoms with Gasteiger partial charge >= 0.3 is 5.92 Å². The highest BCUT2D eigenvalue weighted by Crippen LogP contribution is 2.32. The fourth-order valence-corrected chi connectivity index (χ4v) is 3.24. The molecule has 2 saturated heterocycles. The topological polar surface area (TPSA) is 35.6 Å². The number of hydrogen-bond donors (Lipinski definition) is 1. The Balaban J connectivity index is 1.66. The Kier molecular flexibility index (Phi) is 4.40. The van der Waals surface area contributed by atoms with Crippen LogP contribution in [0.25, 0.3) is 0 Å². The number of carbonyl (C=O) groups is 1. The SMILES string of the molecule is O=C(N1CCC(N2CCNCC2)C1)C(F)(F)c1ccccc1. The predicted octanol–water partition coefficient (Wildman–Crippen LogP) is 1.28. The van der Waals surface area contributed by atoms with Gasteiger partial charge < -0.3 is 10.2 Å². The summed E-state index contributed by atoms with van der Waals surface area (Å²) in [4.78, 5) is 15.9. The lowest BCUT2D eigenvalue weighted by atomic mass is 10.1. The summed E-state index contributed by atoms with van der Waals surface area (Å²) in [6.45, 7) is 4.50. The van der Waals surface area contributed by atoms with E-state index in [1.54, 1.807) is 6.07 Å². The standard InChI is InChI=1S/C16H21F2N3O/c17-16(18,13-4-2-1-3-5-13)15(22)21-9-6-14(12-21)20-10-7-19-8-11-20/h1-5,14,19H,6-12H2. The number of likely N-dealkylation sites (tertiary alicyclic amines) is 1. The first-order chi connectivity index (χ1) is 10.6. The number of hydrogen-bond acceptors (Lipinski definition) is 3. The lowest BCUT2D eigenvalue weighted by molar-refractivity contribution is -0.158. The largest absolute Gasteiger partial charge is 0.349 e. The van der Waals surface area contributed by atoms with Crippen molar-refractivity contribution in [3.05, 3.63) is 35.9 Å². The van der Waals surface area contributed by atoms with Gasteiger partial charge in [0.05, 0.1) is 0 Å². The number of benzene rings is 1. The van der Waals surface area contributed by atoms with E-state index in [2.05, 4.69) is 10.2 Å². The Labute approximate surface area is 129 Å². The molecule has 22 heavy (non-hydrogen) atoms. The third-order valence-corrected chi connectivity index (χ3v) is 4.52. The van der Waals surface area contributed by atoms with Crippen molar-refractivity contribution in [3.8, 4) is 0 Å². The van der Waals surface area contributed by atoms with Crippen molar-refractivity contribution in [1.82, 2.24) is 15.1 Å². The summed E-state index contributed by atoms with van der Waals surface area (Å²) in [7, 11) is 0. The minimum Gasteiger partial charge on any atom is -0.336 e. The highest BCUT2D eigenvalue weighted by molar-refractivity contribution is 5.85. The molecule has 2 heterocycles. The first-order valence-corrected chi connectivity index (χ1v) is 7.76. The lowest BCUT2D eigenvalue weighted by Gasteiger charge is -2.32. The van der Waals surface area contributed by atoms with Crippen molar-refractivity contribution in [2.75, 3.05) is 39.3 Å². The molecule has 0 aliphatic carbocycles. The van der Waals surface area contributed by atoms with Crippen LogP contribution in [0, 0.1) is 0 Å². The number of nitrogens with one attached hydrogen (secondary N) is 1. The summed E-state index contributed by atoms with van der Waals surface area (Å²) in [5.74, 6) is -4.52. The predicted molar refractivity (Wildman–Crippen MR) is 79.8 cm³/mol. The van der Waals surface area contributed by atoms with Gasteiger partial charge in [-0.25, -0.2) is 0 Å². The summed E-state index contributed by atoms with van der Waals surface area (Å²) < 4.78 is 28.7. The van der Waals surface area contributed by atoms with Crippen LogP contribution in [0.5, 0.6) is 0 Å². The van der Waals surface area contributed by atoms with E-state index in [0.717, 1.165) is 32.6 Å². The summed E-state index contributed by atoms with van der Waals surface area (Å²) in [5, 5.41) is 3.28. The average Bonchev–Trinajstić information content (AvgIpc) is 3.05. The monoisotopic (exact) mass is 309 g/mol. The quantitative estimate of drug-likeness (QED) is 0.914. The van der Waals surface area contributed by atoms with Crippen LogP contribution in [0.15, 0.2) is 30.3 Å². The molecule has 1 N–H and O–H groups in total. The van der Waals surface area contributed by atoms with Crippen LogP contribution in [0.1, 0.15) is 12.0 Å². The van der Waals surface area contributed by atoms with Gasteiger partial charge in [0, 0.05) is 50.9 Å². The minimum atomic E-state index is -3.44. The first-order valence-electron chi connectivity index (χ1n) is 7.76. The van der Waals surface area contributed by atoms with Crippen LogP contribution in [-0.4, -0.2) is 61.0 Å². The van der Waals surface area contributed by atoms with E-state index in [1.165, 1.54) is 29.2 Å². The highest BCUT2D eigenvalue weighted by atomic mass is 19.3. The van der Waals surface area contributed by atoms with Crippen LogP contribution < -0.4 is 5.32 Å². The van der Waals surface area contributed by atoms with Crippen molar-refractivity contribution in [2.24, 2.45) is 0 Å². The first kappa shape index (κ1) is 15.4. The fourth-order valence-electron chi connectivity index (χ4n) is 3.24. The molecule has 3 rings (SSSR count). The molecule has 4 nitrogen and oxygen atoms in total. The molecule has 1 unspecified atom stereocenters. The van der Waals surface area contributed by atoms with E-state index in [4.69, 9.17) is 0 Å². The summed E-state index contributed by atoms with van der Waals surface area (Å²) in [6.07, 6.45) is 0.774. The van der Waals surface area contributed by atoms with Gasteiger partial charge in [0.2, 0.25) is 0 Å². The van der Waals surface area contributed by atoms with Crippen LogP contribution in [0.4, 0.5) is 8.78 Å². The second-order valence-corrected chi connectivity index (χ2v) is 5.92. The lowest BCUT2D eigenvalue weighted by Crippen LogP contribution is -2.50. The molecule has 1 amide bonds. The van der Waals surface area contributed by atoms with Crippen LogP contribution in [0.3, 0.4) is 0 Å². The normalized spacial score (nSPS) is 23.7. The van der Waals surface area contributed by atoms with Gasteiger partial charge in [-0.15, -0.1) is 0 Å². The van der Waals surface area contributed by atoms with Crippen LogP contribution in [-0.2, 0) is 10.7 Å². The molecule has 0 spiro atoms. The third-order valence-electron chi connectivity index (χ3n) is 4.52. The number of amides is 1. The van der Waals surface area contributed by atoms with Gasteiger partial charge in [-0.1, -0.05) is 30.3 Å². The van der Waals surface area contributed by atoms with Crippen molar-refractivity contribution >= 4 is 5.91 Å². The van der Waals surface area contributed by atoms with Crippen molar-refractivity contribution in [1.29, 1.82) is 0 Å². The van der Waals surface area contributed by atoms with Gasteiger partial charge in [-0.05, 0) is 6.42 Å². The second-order valence-electron chi connectivity index (χ2n) is 5.92. The van der Waals surface area contributed by atoms with Gasteiger partial charge in [0.25, 0.3) is 5.91 Å². The zero-order valence-corrected chi connectivity index (χ0v) is 12.5. The number of nitrogens with zero attached hydrogens (tertiary/aromatic N) is 2. The Bertz CT molecular complexity index is 517. The molecule has 6 heteroatoms. The average molecular weight is 309 g/mol. The molecule has 0 bridgehead atoms. The van der Waals surface area contributed by atoms with Gasteiger partial charge in [-0.2, -0.15) is 8.78 Å². The molecule has 0 radical (unpaired) electrons. The number of alkyl halides is 2. The molecule has 2 fully saturated rings. The van der Waals surface area contributed by atoms with E-state index >= 15 is 0 Å². The molecule has 2 aliphatic heterocycles. The van der Waals surface area contributed by atoms with Crippen LogP contribution >= 0.6 is 0 Å². The Morgan fingerprint density at radius 3 is 2.50 bits per heavy atom. The van der Waals surface area contributed by atoms with E-state index < -0.39 is 11.8 Å². The molecule has 120 valence electrons. The number of halogens is 2. The molecule has 0 aromatic heterocycles. The van der Waals surface area contributed by atoms with E-state index in [0.29, 0.717) is 13.1 Å². The number of piperazine rings is 1. The maximum absolute atomic E-state index is 14.4. The van der Waals surface area contributed by atoms with Gasteiger partial charge in [0.15, 0.2) is 0 Å². The fraction of sp³-hybridized carbons (Fsp3) is 0.562. The van der Waals surface area contributed by atoms with Crippen LogP contribution in [0.2, 0.25) is 0 Å². The summed E-state index contributed by atoms with van der Waals surface area (Å²) in [5.41, 5.74) is -0.231. The molecule has 1 aromatic carbocycles. The smallest absolute Gasteiger partial charge is 0.336 e. The molecule has 2 aliphatic rings. The zero-order valence-electron chi connectivity index (χ0n) is 12.5. The Morgan fingerprint density at radius 1 is 1.14 bits per heavy atom. The number of rotatable bonds is 3. The maximum atomic E-state index is 14.4. The third kappa shape index (κ3) is 2.98. The molecular weight excluding hydrogens is 288 g/mol. The van der Waals surface area contributed by atoms with Gasteiger partial charge in [0.1, 0.15) is 0 Å². The molecule has 0 saturated carbocycles. The molecule has 1 aromatic rings. The molecular formula is C16H21F2N3O. The Hall–Kier alpha value is -1.53. The molecule has 1 atom stereocenters. The van der Waals surface area contributed by atoms with E-state index in [1.807, 2.05) is 0 Å². The Morgan fingerprint density at radius 2 is 1.82 bits per heavy atom. The van der Waals surface area contributed by atoms with E-state index in [9.17, 15) is 13.6 Å². The highest BCUT2D eigenvalue weighted by Gasteiger charge is 2.46. The summed E-state index contributed by atoms with van der Waals surface area (Å²) in [6, 6.07) is 7.55. The van der Waals surface area contributed by atoms with Crippen molar-refractivity contribution in [3.63, 3.8) is 0 Å². The zero-order chi connectivity index (χ0) is 15.6. The number of carbonyl (C=O) groups excluding carboxylic acids is 1. The maximum Gasteiger partial charge on any atom is 0.349 e.